The number of benzene rings is 2. The van der Waals surface area contributed by atoms with Crippen molar-refractivity contribution in [2.24, 2.45) is 0 Å². The molecule has 0 aromatic heterocycles. The highest BCUT2D eigenvalue weighted by atomic mass is 16.2. The van der Waals surface area contributed by atoms with Crippen LogP contribution in [-0.2, 0) is 0 Å². The zero-order chi connectivity index (χ0) is 19.9. The van der Waals surface area contributed by atoms with E-state index in [4.69, 9.17) is 0 Å². The highest BCUT2D eigenvalue weighted by Gasteiger charge is 2.24. The minimum Gasteiger partial charge on any atom is -0.339 e. The van der Waals surface area contributed by atoms with E-state index in [1.807, 2.05) is 49.1 Å². The van der Waals surface area contributed by atoms with Gasteiger partial charge in [-0.15, -0.1) is 0 Å². The summed E-state index contributed by atoms with van der Waals surface area (Å²) in [5.41, 5.74) is 3.65. The Labute approximate surface area is 167 Å². The van der Waals surface area contributed by atoms with Gasteiger partial charge in [-0.2, -0.15) is 5.26 Å². The second kappa shape index (κ2) is 9.50. The fraction of sp³-hybridized carbons (Fsp3) is 0.391. The van der Waals surface area contributed by atoms with Gasteiger partial charge in [0.1, 0.15) is 0 Å². The molecule has 3 rings (SSSR count). The van der Waals surface area contributed by atoms with Crippen LogP contribution in [0.5, 0.6) is 0 Å². The molecule has 1 atom stereocenters. The van der Waals surface area contributed by atoms with Gasteiger partial charge in [-0.25, -0.2) is 0 Å². The van der Waals surface area contributed by atoms with E-state index in [2.05, 4.69) is 34.5 Å². The zero-order valence-electron chi connectivity index (χ0n) is 16.7. The molecule has 1 aliphatic heterocycles. The van der Waals surface area contributed by atoms with Crippen molar-refractivity contribution in [1.82, 2.24) is 15.1 Å². The molecule has 1 aliphatic rings. The van der Waals surface area contributed by atoms with Crippen LogP contribution < -0.4 is 5.32 Å². The predicted octanol–water partition coefficient (Wildman–Crippen LogP) is 3.03. The van der Waals surface area contributed by atoms with Crippen LogP contribution in [0.3, 0.4) is 0 Å². The van der Waals surface area contributed by atoms with Gasteiger partial charge in [0.2, 0.25) is 0 Å². The molecule has 1 heterocycles. The maximum absolute atomic E-state index is 12.6. The van der Waals surface area contributed by atoms with E-state index in [1.165, 1.54) is 0 Å². The number of hydrogen-bond donors (Lipinski definition) is 1. The van der Waals surface area contributed by atoms with Gasteiger partial charge in [-0.3, -0.25) is 9.69 Å². The fourth-order valence-electron chi connectivity index (χ4n) is 3.83. The number of hydrogen-bond acceptors (Lipinski definition) is 4. The lowest BCUT2D eigenvalue weighted by Crippen LogP contribution is -2.45. The Morgan fingerprint density at radius 1 is 1.11 bits per heavy atom. The van der Waals surface area contributed by atoms with Gasteiger partial charge in [-0.1, -0.05) is 24.3 Å². The SMILES string of the molecule is CCN(CC)C(=O)c1ccc(C(c2cccc(C#N)c2)N2CCNCC2)cc1. The summed E-state index contributed by atoms with van der Waals surface area (Å²) in [6.07, 6.45) is 0. The van der Waals surface area contributed by atoms with Crippen molar-refractivity contribution in [2.75, 3.05) is 39.3 Å². The van der Waals surface area contributed by atoms with Crippen LogP contribution in [0.4, 0.5) is 0 Å². The van der Waals surface area contributed by atoms with Crippen molar-refractivity contribution in [2.45, 2.75) is 19.9 Å². The number of amides is 1. The molecule has 1 amide bonds. The van der Waals surface area contributed by atoms with Crippen molar-refractivity contribution in [3.8, 4) is 6.07 Å². The molecule has 146 valence electrons. The first-order valence-electron chi connectivity index (χ1n) is 10.0. The first-order valence-corrected chi connectivity index (χ1v) is 10.0. The van der Waals surface area contributed by atoms with Gasteiger partial charge in [0.05, 0.1) is 17.7 Å². The number of piperazine rings is 1. The first-order chi connectivity index (χ1) is 13.7. The van der Waals surface area contributed by atoms with Crippen LogP contribution in [0, 0.1) is 11.3 Å². The van der Waals surface area contributed by atoms with Gasteiger partial charge in [0.15, 0.2) is 0 Å². The molecule has 0 spiro atoms. The second-order valence-electron chi connectivity index (χ2n) is 7.03. The van der Waals surface area contributed by atoms with E-state index in [1.54, 1.807) is 0 Å². The highest BCUT2D eigenvalue weighted by Crippen LogP contribution is 2.30. The van der Waals surface area contributed by atoms with E-state index in [0.29, 0.717) is 18.7 Å². The molecule has 2 aromatic carbocycles. The van der Waals surface area contributed by atoms with Crippen molar-refractivity contribution in [3.63, 3.8) is 0 Å². The Bertz CT molecular complexity index is 830. The first kappa shape index (κ1) is 20.1. The maximum Gasteiger partial charge on any atom is 0.253 e. The van der Waals surface area contributed by atoms with Crippen LogP contribution in [0.25, 0.3) is 0 Å². The third kappa shape index (κ3) is 4.41. The molecule has 0 aliphatic carbocycles. The lowest BCUT2D eigenvalue weighted by Gasteiger charge is -2.35. The molecule has 2 aromatic rings. The van der Waals surface area contributed by atoms with Gasteiger partial charge in [0, 0.05) is 44.8 Å². The number of nitrogens with one attached hydrogen (secondary N) is 1. The molecule has 0 bridgehead atoms. The molecule has 0 saturated carbocycles. The minimum atomic E-state index is 0.0711. The Morgan fingerprint density at radius 2 is 1.79 bits per heavy atom. The molecule has 5 heteroatoms. The van der Waals surface area contributed by atoms with Crippen molar-refractivity contribution in [1.29, 1.82) is 5.26 Å². The average molecular weight is 377 g/mol. The van der Waals surface area contributed by atoms with Crippen LogP contribution in [0.2, 0.25) is 0 Å². The number of nitriles is 1. The highest BCUT2D eigenvalue weighted by molar-refractivity contribution is 5.94. The van der Waals surface area contributed by atoms with Crippen LogP contribution in [0.1, 0.15) is 46.9 Å². The van der Waals surface area contributed by atoms with E-state index in [9.17, 15) is 10.1 Å². The third-order valence-corrected chi connectivity index (χ3v) is 5.37. The van der Waals surface area contributed by atoms with Crippen molar-refractivity contribution >= 4 is 5.91 Å². The molecular formula is C23H28N4O. The van der Waals surface area contributed by atoms with E-state index >= 15 is 0 Å². The molecule has 1 unspecified atom stereocenters. The molecule has 1 fully saturated rings. The smallest absolute Gasteiger partial charge is 0.253 e. The van der Waals surface area contributed by atoms with Crippen LogP contribution in [0.15, 0.2) is 48.5 Å². The number of carbonyl (C=O) groups excluding carboxylic acids is 1. The second-order valence-corrected chi connectivity index (χ2v) is 7.03. The summed E-state index contributed by atoms with van der Waals surface area (Å²) < 4.78 is 0. The molecule has 1 N–H and O–H groups in total. The standard InChI is InChI=1S/C23H28N4O/c1-3-26(4-2)23(28)20-10-8-19(9-11-20)22(27-14-12-25-13-15-27)21-7-5-6-18(16-21)17-24/h5-11,16,22,25H,3-4,12-15H2,1-2H3. The third-order valence-electron chi connectivity index (χ3n) is 5.37. The predicted molar refractivity (Wildman–Crippen MR) is 111 cm³/mol. The van der Waals surface area contributed by atoms with Crippen molar-refractivity contribution in [3.05, 3.63) is 70.8 Å². The zero-order valence-corrected chi connectivity index (χ0v) is 16.7. The van der Waals surface area contributed by atoms with Gasteiger partial charge < -0.3 is 10.2 Å². The van der Waals surface area contributed by atoms with E-state index < -0.39 is 0 Å². The largest absolute Gasteiger partial charge is 0.339 e. The van der Waals surface area contributed by atoms with Gasteiger partial charge >= 0.3 is 0 Å². The topological polar surface area (TPSA) is 59.4 Å². The summed E-state index contributed by atoms with van der Waals surface area (Å²) in [6.45, 7) is 9.21. The summed E-state index contributed by atoms with van der Waals surface area (Å²) in [5.74, 6) is 0.0711. The van der Waals surface area contributed by atoms with Gasteiger partial charge in [-0.05, 0) is 49.2 Å². The summed E-state index contributed by atoms with van der Waals surface area (Å²) >= 11 is 0. The number of nitrogens with zero attached hydrogens (tertiary/aromatic N) is 3. The Hall–Kier alpha value is -2.68. The van der Waals surface area contributed by atoms with E-state index in [-0.39, 0.29) is 11.9 Å². The molecule has 0 radical (unpaired) electrons. The summed E-state index contributed by atoms with van der Waals surface area (Å²) in [5, 5.41) is 12.7. The van der Waals surface area contributed by atoms with Crippen LogP contribution >= 0.6 is 0 Å². The fourth-order valence-corrected chi connectivity index (χ4v) is 3.83. The Morgan fingerprint density at radius 3 is 2.39 bits per heavy atom. The lowest BCUT2D eigenvalue weighted by atomic mass is 9.94. The van der Waals surface area contributed by atoms with Crippen molar-refractivity contribution < 1.29 is 4.79 Å². The quantitative estimate of drug-likeness (QED) is 0.842. The van der Waals surface area contributed by atoms with Gasteiger partial charge in [0.25, 0.3) is 5.91 Å². The minimum absolute atomic E-state index is 0.0711. The average Bonchev–Trinajstić information content (AvgIpc) is 2.76. The van der Waals surface area contributed by atoms with E-state index in [0.717, 1.165) is 42.9 Å². The molecule has 28 heavy (non-hydrogen) atoms. The monoisotopic (exact) mass is 376 g/mol. The number of rotatable bonds is 6. The molecular weight excluding hydrogens is 348 g/mol. The molecule has 5 nitrogen and oxygen atoms in total. The Balaban J connectivity index is 1.94. The summed E-state index contributed by atoms with van der Waals surface area (Å²) in [6, 6.07) is 18.1. The summed E-state index contributed by atoms with van der Waals surface area (Å²) in [4.78, 5) is 16.9. The Kier molecular flexibility index (Phi) is 6.80. The number of carbonyl (C=O) groups is 1. The van der Waals surface area contributed by atoms with Crippen LogP contribution in [-0.4, -0.2) is 55.0 Å². The molecule has 1 saturated heterocycles. The maximum atomic E-state index is 12.6. The normalized spacial score (nSPS) is 15.6. The summed E-state index contributed by atoms with van der Waals surface area (Å²) in [7, 11) is 0. The lowest BCUT2D eigenvalue weighted by molar-refractivity contribution is 0.0773.